The van der Waals surface area contributed by atoms with Gasteiger partial charge in [-0.3, -0.25) is 4.68 Å². The van der Waals surface area contributed by atoms with Crippen LogP contribution < -0.4 is 5.32 Å². The second-order valence-corrected chi connectivity index (χ2v) is 6.78. The molecule has 0 saturated heterocycles. The molecule has 19 heavy (non-hydrogen) atoms. The van der Waals surface area contributed by atoms with Gasteiger partial charge in [0.25, 0.3) is 0 Å². The summed E-state index contributed by atoms with van der Waals surface area (Å²) in [5, 5.41) is 8.82. The molecule has 0 amide bonds. The van der Waals surface area contributed by atoms with E-state index in [2.05, 4.69) is 49.7 Å². The fraction of sp³-hybridized carbons (Fsp3) is 0.800. The second-order valence-electron chi connectivity index (χ2n) is 6.37. The maximum Gasteiger partial charge on any atom is 0.0834 e. The summed E-state index contributed by atoms with van der Waals surface area (Å²) in [5.41, 5.74) is 1.41. The van der Waals surface area contributed by atoms with Gasteiger partial charge in [0, 0.05) is 6.54 Å². The van der Waals surface area contributed by atoms with E-state index in [4.69, 9.17) is 11.6 Å². The Hall–Kier alpha value is -0.540. The van der Waals surface area contributed by atoms with Crippen molar-refractivity contribution in [2.45, 2.75) is 66.5 Å². The van der Waals surface area contributed by atoms with Crippen molar-refractivity contribution in [1.82, 2.24) is 15.1 Å². The third kappa shape index (κ3) is 5.15. The SMILES string of the molecule is CCCNC(CC(C)(C)C)c1c(Cl)cnn1CCC. The Kier molecular flexibility index (Phi) is 6.34. The Bertz CT molecular complexity index is 379. The molecular formula is C15H28ClN3. The summed E-state index contributed by atoms with van der Waals surface area (Å²) in [4.78, 5) is 0. The molecule has 0 aliphatic rings. The largest absolute Gasteiger partial charge is 0.309 e. The molecule has 0 aromatic carbocycles. The number of aryl methyl sites for hydroxylation is 1. The van der Waals surface area contributed by atoms with E-state index >= 15 is 0 Å². The standard InChI is InChI=1S/C15H28ClN3/c1-6-8-17-13(10-15(3,4)5)14-12(16)11-18-19(14)9-7-2/h11,13,17H,6-10H2,1-5H3. The van der Waals surface area contributed by atoms with Crippen molar-refractivity contribution in [3.63, 3.8) is 0 Å². The van der Waals surface area contributed by atoms with Gasteiger partial charge in [-0.2, -0.15) is 5.10 Å². The van der Waals surface area contributed by atoms with Crippen LogP contribution in [0.5, 0.6) is 0 Å². The average molecular weight is 286 g/mol. The second kappa shape index (κ2) is 7.30. The van der Waals surface area contributed by atoms with Gasteiger partial charge in [-0.25, -0.2) is 0 Å². The molecule has 0 bridgehead atoms. The molecule has 1 N–H and O–H groups in total. The first-order valence-electron chi connectivity index (χ1n) is 7.33. The highest BCUT2D eigenvalue weighted by molar-refractivity contribution is 6.31. The molecule has 1 heterocycles. The zero-order valence-corrected chi connectivity index (χ0v) is 13.7. The predicted octanol–water partition coefficient (Wildman–Crippen LogP) is 4.42. The highest BCUT2D eigenvalue weighted by Crippen LogP contribution is 2.33. The number of nitrogens with one attached hydrogen (secondary N) is 1. The molecule has 0 spiro atoms. The van der Waals surface area contributed by atoms with E-state index in [1.165, 1.54) is 0 Å². The summed E-state index contributed by atoms with van der Waals surface area (Å²) in [5.74, 6) is 0. The van der Waals surface area contributed by atoms with E-state index in [0.29, 0.717) is 0 Å². The molecule has 3 nitrogen and oxygen atoms in total. The van der Waals surface area contributed by atoms with Crippen LogP contribution in [0, 0.1) is 5.41 Å². The van der Waals surface area contributed by atoms with Crippen LogP contribution in [0.4, 0.5) is 0 Å². The summed E-state index contributed by atoms with van der Waals surface area (Å²) in [6.07, 6.45) is 5.03. The molecule has 0 aliphatic heterocycles. The van der Waals surface area contributed by atoms with E-state index in [1.807, 2.05) is 0 Å². The molecule has 0 aliphatic carbocycles. The highest BCUT2D eigenvalue weighted by atomic mass is 35.5. The Morgan fingerprint density at radius 2 is 2.00 bits per heavy atom. The van der Waals surface area contributed by atoms with Crippen molar-refractivity contribution >= 4 is 11.6 Å². The average Bonchev–Trinajstić information content (AvgIpc) is 2.65. The fourth-order valence-electron chi connectivity index (χ4n) is 2.30. The van der Waals surface area contributed by atoms with Gasteiger partial charge in [0.2, 0.25) is 0 Å². The first-order chi connectivity index (χ1) is 8.89. The van der Waals surface area contributed by atoms with Crippen LogP contribution in [0.15, 0.2) is 6.20 Å². The molecule has 0 saturated carbocycles. The minimum absolute atomic E-state index is 0.260. The first kappa shape index (κ1) is 16.5. The lowest BCUT2D eigenvalue weighted by Gasteiger charge is -2.28. The molecule has 1 aromatic heterocycles. The Morgan fingerprint density at radius 3 is 2.53 bits per heavy atom. The van der Waals surface area contributed by atoms with Crippen LogP contribution >= 0.6 is 11.6 Å². The zero-order chi connectivity index (χ0) is 14.5. The maximum absolute atomic E-state index is 6.36. The van der Waals surface area contributed by atoms with Crippen molar-refractivity contribution < 1.29 is 0 Å². The Labute approximate surface area is 122 Å². The molecule has 4 heteroatoms. The van der Waals surface area contributed by atoms with Crippen molar-refractivity contribution in [2.24, 2.45) is 5.41 Å². The van der Waals surface area contributed by atoms with Crippen molar-refractivity contribution in [3.05, 3.63) is 16.9 Å². The highest BCUT2D eigenvalue weighted by Gasteiger charge is 2.24. The number of nitrogens with zero attached hydrogens (tertiary/aromatic N) is 2. The third-order valence-corrected chi connectivity index (χ3v) is 3.35. The predicted molar refractivity (Wildman–Crippen MR) is 82.6 cm³/mol. The number of aromatic nitrogens is 2. The molecule has 1 aromatic rings. The summed E-state index contributed by atoms with van der Waals surface area (Å²) >= 11 is 6.36. The van der Waals surface area contributed by atoms with Gasteiger partial charge < -0.3 is 5.32 Å². The normalized spacial score (nSPS) is 13.8. The molecule has 0 radical (unpaired) electrons. The van der Waals surface area contributed by atoms with Crippen molar-refractivity contribution in [1.29, 1.82) is 0 Å². The minimum atomic E-state index is 0.260. The summed E-state index contributed by atoms with van der Waals surface area (Å²) in [6, 6.07) is 0.279. The third-order valence-electron chi connectivity index (χ3n) is 3.06. The van der Waals surface area contributed by atoms with Gasteiger partial charge in [0.1, 0.15) is 0 Å². The number of hydrogen-bond donors (Lipinski definition) is 1. The zero-order valence-electron chi connectivity index (χ0n) is 13.0. The van der Waals surface area contributed by atoms with Crippen LogP contribution in [0.2, 0.25) is 5.02 Å². The molecule has 1 atom stereocenters. The summed E-state index contributed by atoms with van der Waals surface area (Å²) in [7, 11) is 0. The van der Waals surface area contributed by atoms with E-state index in [0.717, 1.165) is 43.1 Å². The first-order valence-corrected chi connectivity index (χ1v) is 7.71. The summed E-state index contributed by atoms with van der Waals surface area (Å²) in [6.45, 7) is 13.1. The van der Waals surface area contributed by atoms with Crippen LogP contribution in [-0.2, 0) is 6.54 Å². The summed E-state index contributed by atoms with van der Waals surface area (Å²) < 4.78 is 2.06. The van der Waals surface area contributed by atoms with Crippen molar-refractivity contribution in [3.8, 4) is 0 Å². The monoisotopic (exact) mass is 285 g/mol. The topological polar surface area (TPSA) is 29.9 Å². The molecule has 0 fully saturated rings. The van der Waals surface area contributed by atoms with Gasteiger partial charge in [-0.15, -0.1) is 0 Å². The van der Waals surface area contributed by atoms with Gasteiger partial charge in [-0.05, 0) is 31.2 Å². The van der Waals surface area contributed by atoms with Gasteiger partial charge >= 0.3 is 0 Å². The van der Waals surface area contributed by atoms with E-state index in [1.54, 1.807) is 6.20 Å². The maximum atomic E-state index is 6.36. The molecule has 1 unspecified atom stereocenters. The Balaban J connectivity index is 2.98. The van der Waals surface area contributed by atoms with Crippen molar-refractivity contribution in [2.75, 3.05) is 6.54 Å². The van der Waals surface area contributed by atoms with Crippen LogP contribution in [0.25, 0.3) is 0 Å². The van der Waals surface area contributed by atoms with Gasteiger partial charge in [-0.1, -0.05) is 46.2 Å². The minimum Gasteiger partial charge on any atom is -0.309 e. The van der Waals surface area contributed by atoms with E-state index in [9.17, 15) is 0 Å². The lowest BCUT2D eigenvalue weighted by atomic mass is 9.87. The number of hydrogen-bond acceptors (Lipinski definition) is 2. The Morgan fingerprint density at radius 1 is 1.32 bits per heavy atom. The molecule has 1 rings (SSSR count). The van der Waals surface area contributed by atoms with Crippen LogP contribution in [0.3, 0.4) is 0 Å². The lowest BCUT2D eigenvalue weighted by molar-refractivity contribution is 0.301. The van der Waals surface area contributed by atoms with Crippen LogP contribution in [0.1, 0.15) is 65.6 Å². The fourth-order valence-corrected chi connectivity index (χ4v) is 2.58. The van der Waals surface area contributed by atoms with E-state index in [-0.39, 0.29) is 11.5 Å². The number of rotatable bonds is 7. The number of halogens is 1. The lowest BCUT2D eigenvalue weighted by Crippen LogP contribution is -2.29. The van der Waals surface area contributed by atoms with Gasteiger partial charge in [0.15, 0.2) is 0 Å². The van der Waals surface area contributed by atoms with E-state index < -0.39 is 0 Å². The molecular weight excluding hydrogens is 258 g/mol. The smallest absolute Gasteiger partial charge is 0.0834 e. The van der Waals surface area contributed by atoms with Gasteiger partial charge in [0.05, 0.1) is 23.0 Å². The quantitative estimate of drug-likeness (QED) is 0.803. The van der Waals surface area contributed by atoms with Crippen LogP contribution in [-0.4, -0.2) is 16.3 Å². The molecule has 110 valence electrons.